The van der Waals surface area contributed by atoms with E-state index in [0.29, 0.717) is 6.54 Å². The Morgan fingerprint density at radius 3 is 2.65 bits per heavy atom. The summed E-state index contributed by atoms with van der Waals surface area (Å²) in [5.41, 5.74) is 2.80. The smallest absolute Gasteiger partial charge is 0.131 e. The van der Waals surface area contributed by atoms with Crippen LogP contribution in [0.4, 0.5) is 0 Å². The standard InChI is InChI=1S/C22H26N2O2/c1-2-3-13-23-15-18(25)16-26-22-14-21(17-9-5-4-6-10-17)24-20-12-8-7-11-19(20)22/h4-12,14,18,23,25H,2-3,13,15-16H2,1H3. The van der Waals surface area contributed by atoms with Gasteiger partial charge < -0.3 is 15.2 Å². The van der Waals surface area contributed by atoms with Gasteiger partial charge >= 0.3 is 0 Å². The summed E-state index contributed by atoms with van der Waals surface area (Å²) in [4.78, 5) is 4.75. The van der Waals surface area contributed by atoms with Crippen LogP contribution in [-0.2, 0) is 0 Å². The number of hydrogen-bond donors (Lipinski definition) is 2. The number of hydrogen-bond acceptors (Lipinski definition) is 4. The lowest BCUT2D eigenvalue weighted by molar-refractivity contribution is 0.107. The Morgan fingerprint density at radius 1 is 1.08 bits per heavy atom. The molecule has 1 heterocycles. The van der Waals surface area contributed by atoms with Crippen LogP contribution in [0.25, 0.3) is 22.2 Å². The zero-order valence-corrected chi connectivity index (χ0v) is 15.2. The van der Waals surface area contributed by atoms with Gasteiger partial charge in [-0.1, -0.05) is 55.8 Å². The fourth-order valence-corrected chi connectivity index (χ4v) is 2.84. The Morgan fingerprint density at radius 2 is 1.85 bits per heavy atom. The Kier molecular flexibility index (Phi) is 6.58. The van der Waals surface area contributed by atoms with E-state index in [-0.39, 0.29) is 6.61 Å². The Labute approximate surface area is 154 Å². The van der Waals surface area contributed by atoms with Gasteiger partial charge in [-0.3, -0.25) is 0 Å². The lowest BCUT2D eigenvalue weighted by atomic mass is 10.1. The Bertz CT molecular complexity index is 821. The first-order chi connectivity index (χ1) is 12.8. The third-order valence-corrected chi connectivity index (χ3v) is 4.27. The number of unbranched alkanes of at least 4 members (excludes halogenated alkanes) is 1. The van der Waals surface area contributed by atoms with Crippen LogP contribution in [0.5, 0.6) is 5.75 Å². The topological polar surface area (TPSA) is 54.4 Å². The van der Waals surface area contributed by atoms with E-state index in [9.17, 15) is 5.11 Å². The molecule has 0 fully saturated rings. The SMILES string of the molecule is CCCCNCC(O)COc1cc(-c2ccccc2)nc2ccccc12. The average molecular weight is 350 g/mol. The van der Waals surface area contributed by atoms with Crippen LogP contribution < -0.4 is 10.1 Å². The number of aromatic nitrogens is 1. The molecular formula is C22H26N2O2. The van der Waals surface area contributed by atoms with Gasteiger partial charge in [0.15, 0.2) is 0 Å². The number of nitrogens with one attached hydrogen (secondary N) is 1. The maximum absolute atomic E-state index is 10.2. The zero-order chi connectivity index (χ0) is 18.2. The van der Waals surface area contributed by atoms with Gasteiger partial charge in [0.1, 0.15) is 18.5 Å². The second-order valence-corrected chi connectivity index (χ2v) is 6.41. The minimum Gasteiger partial charge on any atom is -0.490 e. The third kappa shape index (κ3) is 4.81. The highest BCUT2D eigenvalue weighted by molar-refractivity contribution is 5.87. The molecule has 0 bridgehead atoms. The highest BCUT2D eigenvalue weighted by Crippen LogP contribution is 2.30. The predicted octanol–water partition coefficient (Wildman–Crippen LogP) is 4.03. The third-order valence-electron chi connectivity index (χ3n) is 4.27. The van der Waals surface area contributed by atoms with E-state index in [1.165, 1.54) is 0 Å². The summed E-state index contributed by atoms with van der Waals surface area (Å²) in [5.74, 6) is 0.752. The van der Waals surface area contributed by atoms with Gasteiger partial charge in [-0.25, -0.2) is 4.98 Å². The first-order valence-corrected chi connectivity index (χ1v) is 9.24. The van der Waals surface area contributed by atoms with Crippen LogP contribution in [0, 0.1) is 0 Å². The van der Waals surface area contributed by atoms with Crippen LogP contribution in [0.15, 0.2) is 60.7 Å². The number of pyridine rings is 1. The number of aliphatic hydroxyl groups is 1. The molecule has 3 rings (SSSR count). The lowest BCUT2D eigenvalue weighted by Crippen LogP contribution is -2.32. The summed E-state index contributed by atoms with van der Waals surface area (Å²) in [7, 11) is 0. The Hall–Kier alpha value is -2.43. The number of benzene rings is 2. The molecule has 2 aromatic carbocycles. The Balaban J connectivity index is 1.76. The summed E-state index contributed by atoms with van der Waals surface area (Å²) in [6, 6.07) is 19.9. The number of rotatable bonds is 9. The fourth-order valence-electron chi connectivity index (χ4n) is 2.84. The largest absolute Gasteiger partial charge is 0.490 e. The molecule has 0 amide bonds. The molecule has 1 unspecified atom stereocenters. The van der Waals surface area contributed by atoms with Crippen molar-refractivity contribution in [2.75, 3.05) is 19.7 Å². The van der Waals surface area contributed by atoms with Crippen LogP contribution in [0.1, 0.15) is 19.8 Å². The first-order valence-electron chi connectivity index (χ1n) is 9.24. The first kappa shape index (κ1) is 18.4. The highest BCUT2D eigenvalue weighted by atomic mass is 16.5. The van der Waals surface area contributed by atoms with E-state index in [4.69, 9.17) is 9.72 Å². The van der Waals surface area contributed by atoms with E-state index in [1.54, 1.807) is 0 Å². The minimum atomic E-state index is -0.543. The molecule has 4 heteroatoms. The van der Waals surface area contributed by atoms with E-state index < -0.39 is 6.10 Å². The summed E-state index contributed by atoms with van der Waals surface area (Å²) < 4.78 is 5.97. The molecule has 0 aliphatic rings. The molecule has 2 N–H and O–H groups in total. The van der Waals surface area contributed by atoms with Crippen molar-refractivity contribution in [2.24, 2.45) is 0 Å². The minimum absolute atomic E-state index is 0.251. The molecule has 1 aromatic heterocycles. The molecule has 0 saturated carbocycles. The highest BCUT2D eigenvalue weighted by Gasteiger charge is 2.11. The number of nitrogens with zero attached hydrogens (tertiary/aromatic N) is 1. The average Bonchev–Trinajstić information content (AvgIpc) is 2.70. The molecule has 0 aliphatic heterocycles. The van der Waals surface area contributed by atoms with Crippen molar-refractivity contribution in [2.45, 2.75) is 25.9 Å². The van der Waals surface area contributed by atoms with Crippen LogP contribution in [-0.4, -0.2) is 35.9 Å². The maximum atomic E-state index is 10.2. The molecule has 136 valence electrons. The van der Waals surface area contributed by atoms with Crippen LogP contribution >= 0.6 is 0 Å². The van der Waals surface area contributed by atoms with Gasteiger partial charge in [0.2, 0.25) is 0 Å². The molecule has 0 saturated heterocycles. The molecule has 0 spiro atoms. The molecular weight excluding hydrogens is 324 g/mol. The molecule has 26 heavy (non-hydrogen) atoms. The van der Waals surface area contributed by atoms with E-state index in [0.717, 1.165) is 47.3 Å². The quantitative estimate of drug-likeness (QED) is 0.572. The molecule has 0 aliphatic carbocycles. The lowest BCUT2D eigenvalue weighted by Gasteiger charge is -2.15. The van der Waals surface area contributed by atoms with Crippen molar-refractivity contribution in [3.8, 4) is 17.0 Å². The van der Waals surface area contributed by atoms with Crippen molar-refractivity contribution < 1.29 is 9.84 Å². The van der Waals surface area contributed by atoms with E-state index in [1.807, 2.05) is 60.7 Å². The van der Waals surface area contributed by atoms with Gasteiger partial charge in [0, 0.05) is 23.6 Å². The van der Waals surface area contributed by atoms with Crippen molar-refractivity contribution in [1.29, 1.82) is 0 Å². The normalized spacial score (nSPS) is 12.2. The summed E-state index contributed by atoms with van der Waals surface area (Å²) in [5, 5.41) is 14.4. The molecule has 1 atom stereocenters. The van der Waals surface area contributed by atoms with Gasteiger partial charge in [0.25, 0.3) is 0 Å². The monoisotopic (exact) mass is 350 g/mol. The van der Waals surface area contributed by atoms with Crippen LogP contribution in [0.3, 0.4) is 0 Å². The molecule has 0 radical (unpaired) electrons. The maximum Gasteiger partial charge on any atom is 0.131 e. The number of para-hydroxylation sites is 1. The number of ether oxygens (including phenoxy) is 1. The molecule has 3 aromatic rings. The van der Waals surface area contributed by atoms with Gasteiger partial charge in [-0.05, 0) is 25.1 Å². The van der Waals surface area contributed by atoms with Crippen molar-refractivity contribution in [3.63, 3.8) is 0 Å². The van der Waals surface area contributed by atoms with Crippen LogP contribution in [0.2, 0.25) is 0 Å². The van der Waals surface area contributed by atoms with Crippen molar-refractivity contribution in [1.82, 2.24) is 10.3 Å². The summed E-state index contributed by atoms with van der Waals surface area (Å²) in [6.07, 6.45) is 1.72. The predicted molar refractivity (Wildman–Crippen MR) is 106 cm³/mol. The second kappa shape index (κ2) is 9.32. The second-order valence-electron chi connectivity index (χ2n) is 6.41. The van der Waals surface area contributed by atoms with Gasteiger partial charge in [0.05, 0.1) is 11.2 Å². The van der Waals surface area contributed by atoms with Gasteiger partial charge in [-0.2, -0.15) is 0 Å². The number of fused-ring (bicyclic) bond motifs is 1. The summed E-state index contributed by atoms with van der Waals surface area (Å²) >= 11 is 0. The summed E-state index contributed by atoms with van der Waals surface area (Å²) in [6.45, 7) is 3.86. The number of aliphatic hydroxyl groups excluding tert-OH is 1. The van der Waals surface area contributed by atoms with Gasteiger partial charge in [-0.15, -0.1) is 0 Å². The van der Waals surface area contributed by atoms with Crippen molar-refractivity contribution >= 4 is 10.9 Å². The molecule has 4 nitrogen and oxygen atoms in total. The zero-order valence-electron chi connectivity index (χ0n) is 15.2. The van der Waals surface area contributed by atoms with Crippen molar-refractivity contribution in [3.05, 3.63) is 60.7 Å². The van der Waals surface area contributed by atoms with E-state index in [2.05, 4.69) is 12.2 Å². The van der Waals surface area contributed by atoms with E-state index >= 15 is 0 Å². The fraction of sp³-hybridized carbons (Fsp3) is 0.318.